The van der Waals surface area contributed by atoms with Gasteiger partial charge < -0.3 is 10.2 Å². The van der Waals surface area contributed by atoms with E-state index >= 15 is 0 Å². The van der Waals surface area contributed by atoms with Gasteiger partial charge in [0.1, 0.15) is 0 Å². The molecule has 2 nitrogen and oxygen atoms in total. The van der Waals surface area contributed by atoms with Gasteiger partial charge in [0.2, 0.25) is 0 Å². The van der Waals surface area contributed by atoms with Gasteiger partial charge in [-0.3, -0.25) is 0 Å². The molecule has 0 aliphatic heterocycles. The lowest BCUT2D eigenvalue weighted by Gasteiger charge is -2.26. The molecule has 4 heteroatoms. The van der Waals surface area contributed by atoms with Crippen molar-refractivity contribution in [2.75, 3.05) is 10.2 Å². The van der Waals surface area contributed by atoms with Gasteiger partial charge in [-0.15, -0.1) is 22.7 Å². The van der Waals surface area contributed by atoms with Gasteiger partial charge in [0.05, 0.1) is 0 Å². The van der Waals surface area contributed by atoms with E-state index in [1.807, 2.05) is 23.5 Å². The molecule has 0 aliphatic rings. The third-order valence-electron chi connectivity index (χ3n) is 8.52. The lowest BCUT2D eigenvalue weighted by Crippen LogP contribution is -2.09. The SMILES string of the molecule is C=Cc1sc2ccc(N(c3ccccc3)c3ccc(-c4ccc5sc6cc(Nc7ccccc7)ccc6c5c4)cc3)cc2c1/C=C\C. The number of thiophene rings is 2. The molecule has 0 saturated carbocycles. The van der Waals surface area contributed by atoms with Crippen LogP contribution in [0.3, 0.4) is 0 Å². The quantitative estimate of drug-likeness (QED) is 0.178. The van der Waals surface area contributed by atoms with Gasteiger partial charge >= 0.3 is 0 Å². The van der Waals surface area contributed by atoms with E-state index in [4.69, 9.17) is 0 Å². The van der Waals surface area contributed by atoms with Gasteiger partial charge in [0.15, 0.2) is 0 Å². The number of para-hydroxylation sites is 2. The topological polar surface area (TPSA) is 15.3 Å². The molecular formula is C43H32N2S2. The zero-order valence-corrected chi connectivity index (χ0v) is 27.6. The van der Waals surface area contributed by atoms with Gasteiger partial charge in [0, 0.05) is 69.1 Å². The summed E-state index contributed by atoms with van der Waals surface area (Å²) in [4.78, 5) is 3.54. The number of benzene rings is 6. The third kappa shape index (κ3) is 5.52. The Bertz CT molecular complexity index is 2400. The standard InChI is InChI=1S/C43H32N2S2/c1-3-11-36-39-28-35(22-25-42(39)46-40(36)4-2)45(33-14-9-6-10-15-33)34-20-16-29(17-21-34)30-18-24-41-38(26-30)37-23-19-32(27-43(37)47-41)44-31-12-7-5-8-13-31/h3-28,44H,2H2,1H3/b11-3-. The van der Waals surface area contributed by atoms with Crippen molar-refractivity contribution in [1.82, 2.24) is 0 Å². The Morgan fingerprint density at radius 1 is 0.553 bits per heavy atom. The lowest BCUT2D eigenvalue weighted by molar-refractivity contribution is 1.29. The fraction of sp³-hybridized carbons (Fsp3) is 0.0233. The minimum Gasteiger partial charge on any atom is -0.355 e. The van der Waals surface area contributed by atoms with Crippen molar-refractivity contribution < 1.29 is 0 Å². The number of nitrogens with one attached hydrogen (secondary N) is 1. The van der Waals surface area contributed by atoms with Crippen LogP contribution in [0, 0.1) is 0 Å². The van der Waals surface area contributed by atoms with Gasteiger partial charge in [-0.05, 0) is 96.9 Å². The molecule has 47 heavy (non-hydrogen) atoms. The second kappa shape index (κ2) is 12.4. The predicted molar refractivity (Wildman–Crippen MR) is 209 cm³/mol. The van der Waals surface area contributed by atoms with E-state index in [1.54, 1.807) is 11.3 Å². The van der Waals surface area contributed by atoms with E-state index in [9.17, 15) is 0 Å². The molecule has 0 amide bonds. The fourth-order valence-electron chi connectivity index (χ4n) is 6.30. The van der Waals surface area contributed by atoms with Crippen molar-refractivity contribution in [1.29, 1.82) is 0 Å². The molecule has 1 N–H and O–H groups in total. The highest BCUT2D eigenvalue weighted by Crippen LogP contribution is 2.42. The fourth-order valence-corrected chi connectivity index (χ4v) is 8.45. The molecule has 226 valence electrons. The molecule has 6 aromatic carbocycles. The van der Waals surface area contributed by atoms with Crippen molar-refractivity contribution in [2.45, 2.75) is 6.92 Å². The zero-order chi connectivity index (χ0) is 31.7. The van der Waals surface area contributed by atoms with Crippen LogP contribution in [0.25, 0.3) is 53.5 Å². The predicted octanol–water partition coefficient (Wildman–Crippen LogP) is 13.8. The molecule has 2 heterocycles. The summed E-state index contributed by atoms with van der Waals surface area (Å²) >= 11 is 3.63. The molecule has 0 bridgehead atoms. The Kier molecular flexibility index (Phi) is 7.66. The van der Waals surface area contributed by atoms with Crippen LogP contribution in [0.2, 0.25) is 0 Å². The Morgan fingerprint density at radius 2 is 1.23 bits per heavy atom. The molecular weight excluding hydrogens is 609 g/mol. The van der Waals surface area contributed by atoms with Crippen LogP contribution in [0.15, 0.2) is 152 Å². The molecule has 0 unspecified atom stereocenters. The Hall–Kier alpha value is -5.42. The van der Waals surface area contributed by atoms with Gasteiger partial charge in [-0.2, -0.15) is 0 Å². The number of allylic oxidation sites excluding steroid dienone is 1. The van der Waals surface area contributed by atoms with E-state index in [0.29, 0.717) is 0 Å². The van der Waals surface area contributed by atoms with Crippen molar-refractivity contribution in [3.05, 3.63) is 163 Å². The van der Waals surface area contributed by atoms with Crippen LogP contribution in [-0.4, -0.2) is 0 Å². The molecule has 0 radical (unpaired) electrons. The lowest BCUT2D eigenvalue weighted by atomic mass is 10.0. The smallest absolute Gasteiger partial charge is 0.0468 e. The number of anilines is 5. The molecule has 0 saturated heterocycles. The minimum absolute atomic E-state index is 1.09. The summed E-state index contributed by atoms with van der Waals surface area (Å²) in [7, 11) is 0. The van der Waals surface area contributed by atoms with Crippen molar-refractivity contribution in [2.24, 2.45) is 0 Å². The highest BCUT2D eigenvalue weighted by molar-refractivity contribution is 7.25. The summed E-state index contributed by atoms with van der Waals surface area (Å²) < 4.78 is 3.85. The average molecular weight is 641 g/mol. The highest BCUT2D eigenvalue weighted by Gasteiger charge is 2.16. The summed E-state index contributed by atoms with van der Waals surface area (Å²) in [6.45, 7) is 6.13. The largest absolute Gasteiger partial charge is 0.355 e. The molecule has 0 atom stereocenters. The summed E-state index contributed by atoms with van der Waals surface area (Å²) in [6, 6.07) is 50.2. The van der Waals surface area contributed by atoms with Crippen molar-refractivity contribution in [3.8, 4) is 11.1 Å². The molecule has 8 aromatic rings. The molecule has 0 fully saturated rings. The van der Waals surface area contributed by atoms with Crippen LogP contribution in [0.5, 0.6) is 0 Å². The first kappa shape index (κ1) is 29.0. The molecule has 2 aromatic heterocycles. The molecule has 0 spiro atoms. The number of fused-ring (bicyclic) bond motifs is 4. The molecule has 0 aliphatic carbocycles. The van der Waals surface area contributed by atoms with Crippen LogP contribution in [-0.2, 0) is 0 Å². The monoisotopic (exact) mass is 640 g/mol. The van der Waals surface area contributed by atoms with Gasteiger partial charge in [0.25, 0.3) is 0 Å². The van der Waals surface area contributed by atoms with Crippen LogP contribution >= 0.6 is 22.7 Å². The second-order valence-electron chi connectivity index (χ2n) is 11.5. The van der Waals surface area contributed by atoms with E-state index in [-0.39, 0.29) is 0 Å². The summed E-state index contributed by atoms with van der Waals surface area (Å²) in [5.41, 5.74) is 9.21. The van der Waals surface area contributed by atoms with E-state index in [1.165, 1.54) is 51.8 Å². The van der Waals surface area contributed by atoms with E-state index < -0.39 is 0 Å². The average Bonchev–Trinajstić information content (AvgIpc) is 3.66. The van der Waals surface area contributed by atoms with Crippen LogP contribution < -0.4 is 10.2 Å². The van der Waals surface area contributed by atoms with Gasteiger partial charge in [-0.1, -0.05) is 85.5 Å². The second-order valence-corrected chi connectivity index (χ2v) is 13.7. The van der Waals surface area contributed by atoms with Crippen molar-refractivity contribution >= 4 is 93.5 Å². The Balaban J connectivity index is 1.15. The summed E-state index contributed by atoms with van der Waals surface area (Å²) in [5, 5.41) is 7.36. The summed E-state index contributed by atoms with van der Waals surface area (Å²) in [6.07, 6.45) is 6.25. The number of rotatable bonds is 8. The maximum atomic E-state index is 4.07. The molecule has 8 rings (SSSR count). The van der Waals surface area contributed by atoms with Gasteiger partial charge in [-0.25, -0.2) is 0 Å². The Morgan fingerprint density at radius 3 is 2.00 bits per heavy atom. The Labute approximate surface area is 283 Å². The first-order valence-corrected chi connectivity index (χ1v) is 17.4. The van der Waals surface area contributed by atoms with E-state index in [2.05, 4.69) is 169 Å². The first-order valence-electron chi connectivity index (χ1n) is 15.7. The van der Waals surface area contributed by atoms with Crippen LogP contribution in [0.4, 0.5) is 28.4 Å². The summed E-state index contributed by atoms with van der Waals surface area (Å²) in [5.74, 6) is 0. The number of hydrogen-bond acceptors (Lipinski definition) is 4. The highest BCUT2D eigenvalue weighted by atomic mass is 32.1. The minimum atomic E-state index is 1.09. The maximum Gasteiger partial charge on any atom is 0.0468 e. The number of nitrogens with zero attached hydrogens (tertiary/aromatic N) is 1. The zero-order valence-electron chi connectivity index (χ0n) is 26.0. The number of hydrogen-bond donors (Lipinski definition) is 1. The van der Waals surface area contributed by atoms with Crippen LogP contribution in [0.1, 0.15) is 17.4 Å². The maximum absolute atomic E-state index is 4.07. The first-order chi connectivity index (χ1) is 23.2. The van der Waals surface area contributed by atoms with E-state index in [0.717, 1.165) is 28.4 Å². The normalized spacial score (nSPS) is 11.5. The third-order valence-corrected chi connectivity index (χ3v) is 10.8. The van der Waals surface area contributed by atoms with Crippen molar-refractivity contribution in [3.63, 3.8) is 0 Å².